The van der Waals surface area contributed by atoms with Crippen molar-refractivity contribution in [2.45, 2.75) is 26.1 Å². The van der Waals surface area contributed by atoms with E-state index in [0.29, 0.717) is 11.4 Å². The third kappa shape index (κ3) is 4.20. The summed E-state index contributed by atoms with van der Waals surface area (Å²) in [6.07, 6.45) is -0.437. The summed E-state index contributed by atoms with van der Waals surface area (Å²) in [5.41, 5.74) is 1.59. The number of fused-ring (bicyclic) bond motifs is 1. The standard InChI is InChI=1S/C19H18BrNO4/c1-13-19(23)21(16-7-2-3-8-17(16)25-13)10-9-18(22)24-12-14-5-4-6-15(20)11-14/h2-8,11,13H,9-10,12H2,1H3. The number of hydrogen-bond donors (Lipinski definition) is 0. The highest BCUT2D eigenvalue weighted by atomic mass is 79.9. The molecule has 0 radical (unpaired) electrons. The maximum Gasteiger partial charge on any atom is 0.307 e. The van der Waals surface area contributed by atoms with Crippen molar-refractivity contribution in [2.75, 3.05) is 11.4 Å². The van der Waals surface area contributed by atoms with Gasteiger partial charge >= 0.3 is 5.97 Å². The molecule has 0 bridgehead atoms. The smallest absolute Gasteiger partial charge is 0.307 e. The Labute approximate surface area is 154 Å². The monoisotopic (exact) mass is 403 g/mol. The van der Waals surface area contributed by atoms with E-state index in [1.807, 2.05) is 48.5 Å². The zero-order chi connectivity index (χ0) is 17.8. The molecule has 0 aliphatic carbocycles. The molecule has 25 heavy (non-hydrogen) atoms. The van der Waals surface area contributed by atoms with Crippen molar-refractivity contribution in [3.63, 3.8) is 0 Å². The third-order valence-corrected chi connectivity index (χ3v) is 4.40. The molecule has 6 heteroatoms. The van der Waals surface area contributed by atoms with Gasteiger partial charge in [0.1, 0.15) is 12.4 Å². The number of nitrogens with zero attached hydrogens (tertiary/aromatic N) is 1. The molecule has 0 fully saturated rings. The number of anilines is 1. The van der Waals surface area contributed by atoms with E-state index in [0.717, 1.165) is 10.0 Å². The van der Waals surface area contributed by atoms with E-state index in [9.17, 15) is 9.59 Å². The summed E-state index contributed by atoms with van der Waals surface area (Å²) in [5.74, 6) is 0.153. The molecule has 1 atom stereocenters. The second-order valence-corrected chi connectivity index (χ2v) is 6.67. The molecule has 1 amide bonds. The average Bonchev–Trinajstić information content (AvgIpc) is 2.60. The van der Waals surface area contributed by atoms with Gasteiger partial charge in [-0.3, -0.25) is 9.59 Å². The highest BCUT2D eigenvalue weighted by Crippen LogP contribution is 2.33. The van der Waals surface area contributed by atoms with Crippen LogP contribution in [0.4, 0.5) is 5.69 Å². The predicted molar refractivity (Wildman–Crippen MR) is 97.4 cm³/mol. The van der Waals surface area contributed by atoms with Gasteiger partial charge in [0.25, 0.3) is 5.91 Å². The minimum absolute atomic E-state index is 0.126. The lowest BCUT2D eigenvalue weighted by Crippen LogP contribution is -2.45. The zero-order valence-electron chi connectivity index (χ0n) is 13.8. The molecular formula is C19H18BrNO4. The van der Waals surface area contributed by atoms with E-state index in [4.69, 9.17) is 9.47 Å². The third-order valence-electron chi connectivity index (χ3n) is 3.90. The molecule has 0 aromatic heterocycles. The number of esters is 1. The Balaban J connectivity index is 1.59. The summed E-state index contributed by atoms with van der Waals surface area (Å²) in [5, 5.41) is 0. The Hall–Kier alpha value is -2.34. The van der Waals surface area contributed by atoms with E-state index >= 15 is 0 Å². The number of para-hydroxylation sites is 2. The second kappa shape index (κ2) is 7.70. The summed E-state index contributed by atoms with van der Waals surface area (Å²) in [7, 11) is 0. The Morgan fingerprint density at radius 2 is 2.04 bits per heavy atom. The van der Waals surface area contributed by atoms with Gasteiger partial charge in [-0.1, -0.05) is 40.2 Å². The summed E-state index contributed by atoms with van der Waals surface area (Å²) < 4.78 is 11.8. The van der Waals surface area contributed by atoms with Gasteiger partial charge in [0.05, 0.1) is 12.1 Å². The molecule has 1 aliphatic rings. The number of rotatable bonds is 5. The van der Waals surface area contributed by atoms with Crippen molar-refractivity contribution in [2.24, 2.45) is 0 Å². The van der Waals surface area contributed by atoms with Crippen molar-refractivity contribution >= 4 is 33.5 Å². The summed E-state index contributed by atoms with van der Waals surface area (Å²) in [6.45, 7) is 2.18. The quantitative estimate of drug-likeness (QED) is 0.714. The van der Waals surface area contributed by atoms with Gasteiger partial charge in [0, 0.05) is 11.0 Å². The molecule has 130 valence electrons. The van der Waals surface area contributed by atoms with Crippen molar-refractivity contribution in [3.05, 3.63) is 58.6 Å². The number of carbonyl (C=O) groups is 2. The van der Waals surface area contributed by atoms with Crippen LogP contribution in [0.25, 0.3) is 0 Å². The number of amides is 1. The molecule has 1 aliphatic heterocycles. The van der Waals surface area contributed by atoms with Crippen LogP contribution in [0, 0.1) is 0 Å². The summed E-state index contributed by atoms with van der Waals surface area (Å²) in [4.78, 5) is 26.0. The maximum atomic E-state index is 12.4. The first-order valence-electron chi connectivity index (χ1n) is 8.02. The van der Waals surface area contributed by atoms with Gasteiger partial charge in [-0.25, -0.2) is 0 Å². The van der Waals surface area contributed by atoms with Gasteiger partial charge in [0.15, 0.2) is 6.10 Å². The molecule has 0 saturated carbocycles. The Morgan fingerprint density at radius 1 is 1.24 bits per heavy atom. The van der Waals surface area contributed by atoms with Crippen LogP contribution in [0.3, 0.4) is 0 Å². The number of halogens is 1. The number of ether oxygens (including phenoxy) is 2. The van der Waals surface area contributed by atoms with Crippen molar-refractivity contribution < 1.29 is 19.1 Å². The number of carbonyl (C=O) groups excluding carboxylic acids is 2. The van der Waals surface area contributed by atoms with Crippen molar-refractivity contribution in [1.29, 1.82) is 0 Å². The summed E-state index contributed by atoms with van der Waals surface area (Å²) in [6, 6.07) is 14.9. The molecule has 1 heterocycles. The van der Waals surface area contributed by atoms with Crippen molar-refractivity contribution in [1.82, 2.24) is 0 Å². The molecule has 3 rings (SSSR count). The SMILES string of the molecule is CC1Oc2ccccc2N(CCC(=O)OCc2cccc(Br)c2)C1=O. The molecule has 1 unspecified atom stereocenters. The lowest BCUT2D eigenvalue weighted by molar-refractivity contribution is -0.144. The first-order chi connectivity index (χ1) is 12.0. The Kier molecular flexibility index (Phi) is 5.38. The normalized spacial score (nSPS) is 16.2. The number of hydrogen-bond acceptors (Lipinski definition) is 4. The van der Waals surface area contributed by atoms with Gasteiger partial charge in [-0.05, 0) is 36.8 Å². The minimum atomic E-state index is -0.562. The van der Waals surface area contributed by atoms with Crippen LogP contribution in [-0.2, 0) is 20.9 Å². The van der Waals surface area contributed by atoms with E-state index in [1.165, 1.54) is 0 Å². The van der Waals surface area contributed by atoms with E-state index in [1.54, 1.807) is 11.8 Å². The molecule has 2 aromatic carbocycles. The topological polar surface area (TPSA) is 55.8 Å². The lowest BCUT2D eigenvalue weighted by atomic mass is 10.2. The molecule has 2 aromatic rings. The summed E-state index contributed by atoms with van der Waals surface area (Å²) >= 11 is 3.38. The second-order valence-electron chi connectivity index (χ2n) is 5.76. The van der Waals surface area contributed by atoms with Crippen LogP contribution >= 0.6 is 15.9 Å². The van der Waals surface area contributed by atoms with E-state index < -0.39 is 6.10 Å². The minimum Gasteiger partial charge on any atom is -0.479 e. The maximum absolute atomic E-state index is 12.4. The van der Waals surface area contributed by atoms with Crippen LogP contribution in [0.2, 0.25) is 0 Å². The van der Waals surface area contributed by atoms with E-state index in [-0.39, 0.29) is 31.4 Å². The first kappa shape index (κ1) is 17.5. The Bertz CT molecular complexity index is 792. The zero-order valence-corrected chi connectivity index (χ0v) is 15.4. The van der Waals surface area contributed by atoms with Crippen LogP contribution in [-0.4, -0.2) is 24.5 Å². The first-order valence-corrected chi connectivity index (χ1v) is 8.81. The van der Waals surface area contributed by atoms with Crippen LogP contribution in [0.5, 0.6) is 5.75 Å². The van der Waals surface area contributed by atoms with Gasteiger partial charge < -0.3 is 14.4 Å². The fourth-order valence-electron chi connectivity index (χ4n) is 2.66. The predicted octanol–water partition coefficient (Wildman–Crippen LogP) is 3.70. The van der Waals surface area contributed by atoms with Crippen molar-refractivity contribution in [3.8, 4) is 5.75 Å². The average molecular weight is 404 g/mol. The highest BCUT2D eigenvalue weighted by molar-refractivity contribution is 9.10. The van der Waals surface area contributed by atoms with E-state index in [2.05, 4.69) is 15.9 Å². The molecule has 0 N–H and O–H groups in total. The molecule has 0 spiro atoms. The highest BCUT2D eigenvalue weighted by Gasteiger charge is 2.31. The number of benzene rings is 2. The molecule has 0 saturated heterocycles. The largest absolute Gasteiger partial charge is 0.479 e. The lowest BCUT2D eigenvalue weighted by Gasteiger charge is -2.32. The van der Waals surface area contributed by atoms with Crippen LogP contribution < -0.4 is 9.64 Å². The molecule has 5 nitrogen and oxygen atoms in total. The van der Waals surface area contributed by atoms with Crippen LogP contribution in [0.1, 0.15) is 18.9 Å². The van der Waals surface area contributed by atoms with Gasteiger partial charge in [-0.15, -0.1) is 0 Å². The van der Waals surface area contributed by atoms with Crippen LogP contribution in [0.15, 0.2) is 53.0 Å². The molecular weight excluding hydrogens is 386 g/mol. The Morgan fingerprint density at radius 3 is 2.84 bits per heavy atom. The van der Waals surface area contributed by atoms with Gasteiger partial charge in [0.2, 0.25) is 0 Å². The fourth-order valence-corrected chi connectivity index (χ4v) is 3.10. The fraction of sp³-hybridized carbons (Fsp3) is 0.263. The van der Waals surface area contributed by atoms with Gasteiger partial charge in [-0.2, -0.15) is 0 Å².